The van der Waals surface area contributed by atoms with E-state index in [-0.39, 0.29) is 11.9 Å². The maximum Gasteiger partial charge on any atom is 0.247 e. The van der Waals surface area contributed by atoms with Gasteiger partial charge in [-0.25, -0.2) is 0 Å². The van der Waals surface area contributed by atoms with Crippen molar-refractivity contribution in [3.63, 3.8) is 0 Å². The third-order valence-electron chi connectivity index (χ3n) is 2.59. The molecular formula is C9H10N2OS. The lowest BCUT2D eigenvalue weighted by molar-refractivity contribution is -0.117. The number of carbonyl (C=O) groups excluding carboxylic acids is 1. The Balaban J connectivity index is 1.92. The standard InChI is InChI=1S/C9H10N2OS/c12-8-7(5-1-2-5)10-6-3-4-13-9(6)11-8/h3-5,7,10H,1-2H2,(H,11,12). The van der Waals surface area contributed by atoms with Crippen molar-refractivity contribution >= 4 is 27.9 Å². The molecule has 0 saturated heterocycles. The number of hydrogen-bond acceptors (Lipinski definition) is 3. The molecule has 13 heavy (non-hydrogen) atoms. The van der Waals surface area contributed by atoms with Crippen LogP contribution in [-0.4, -0.2) is 11.9 Å². The van der Waals surface area contributed by atoms with Crippen LogP contribution in [0.2, 0.25) is 0 Å². The summed E-state index contributed by atoms with van der Waals surface area (Å²) in [5.41, 5.74) is 1.08. The van der Waals surface area contributed by atoms with Crippen LogP contribution < -0.4 is 10.6 Å². The van der Waals surface area contributed by atoms with Gasteiger partial charge < -0.3 is 10.6 Å². The summed E-state index contributed by atoms with van der Waals surface area (Å²) in [6.45, 7) is 0. The number of anilines is 2. The third-order valence-corrected chi connectivity index (χ3v) is 3.42. The Morgan fingerprint density at radius 1 is 1.46 bits per heavy atom. The largest absolute Gasteiger partial charge is 0.371 e. The Kier molecular flexibility index (Phi) is 1.41. The SMILES string of the molecule is O=C1Nc2sccc2NC1C1CC1. The fraction of sp³-hybridized carbons (Fsp3) is 0.444. The molecule has 2 aliphatic rings. The number of thiophene rings is 1. The average molecular weight is 194 g/mol. The number of fused-ring (bicyclic) bond motifs is 1. The zero-order valence-electron chi connectivity index (χ0n) is 7.04. The summed E-state index contributed by atoms with van der Waals surface area (Å²) in [6, 6.07) is 2.04. The van der Waals surface area contributed by atoms with E-state index in [0.717, 1.165) is 10.7 Å². The van der Waals surface area contributed by atoms with Gasteiger partial charge in [-0.05, 0) is 30.2 Å². The number of nitrogens with one attached hydrogen (secondary N) is 2. The molecule has 0 bridgehead atoms. The highest BCUT2D eigenvalue weighted by molar-refractivity contribution is 7.15. The highest BCUT2D eigenvalue weighted by atomic mass is 32.1. The van der Waals surface area contributed by atoms with Gasteiger partial charge in [-0.2, -0.15) is 0 Å². The summed E-state index contributed by atoms with van der Waals surface area (Å²) < 4.78 is 0. The molecule has 1 aliphatic heterocycles. The van der Waals surface area contributed by atoms with Crippen LogP contribution in [0.25, 0.3) is 0 Å². The minimum absolute atomic E-state index is 0.0158. The lowest BCUT2D eigenvalue weighted by Gasteiger charge is -2.23. The van der Waals surface area contributed by atoms with Gasteiger partial charge in [-0.1, -0.05) is 0 Å². The molecule has 1 aromatic heterocycles. The van der Waals surface area contributed by atoms with Crippen molar-refractivity contribution < 1.29 is 4.79 Å². The van der Waals surface area contributed by atoms with Gasteiger partial charge >= 0.3 is 0 Å². The predicted octanol–water partition coefficient (Wildman–Crippen LogP) is 1.89. The quantitative estimate of drug-likeness (QED) is 0.716. The first kappa shape index (κ1) is 7.38. The molecule has 2 N–H and O–H groups in total. The van der Waals surface area contributed by atoms with Crippen LogP contribution in [0.15, 0.2) is 11.4 Å². The number of amides is 1. The topological polar surface area (TPSA) is 41.1 Å². The Bertz CT molecular complexity index is 356. The molecule has 1 saturated carbocycles. The van der Waals surface area contributed by atoms with Gasteiger partial charge in [0.1, 0.15) is 11.0 Å². The van der Waals surface area contributed by atoms with E-state index in [1.165, 1.54) is 12.8 Å². The predicted molar refractivity (Wildman–Crippen MR) is 53.1 cm³/mol. The maximum atomic E-state index is 11.6. The van der Waals surface area contributed by atoms with Crippen molar-refractivity contribution in [3.8, 4) is 0 Å². The second kappa shape index (κ2) is 2.48. The molecule has 1 atom stereocenters. The molecule has 1 aliphatic carbocycles. The second-order valence-corrected chi connectivity index (χ2v) is 4.53. The van der Waals surface area contributed by atoms with Crippen molar-refractivity contribution in [1.29, 1.82) is 0 Å². The van der Waals surface area contributed by atoms with Gasteiger partial charge in [-0.15, -0.1) is 11.3 Å². The van der Waals surface area contributed by atoms with Crippen LogP contribution >= 0.6 is 11.3 Å². The first-order chi connectivity index (χ1) is 6.34. The van der Waals surface area contributed by atoms with Crippen LogP contribution in [0.4, 0.5) is 10.7 Å². The zero-order chi connectivity index (χ0) is 8.84. The number of hydrogen-bond donors (Lipinski definition) is 2. The third kappa shape index (κ3) is 1.13. The van der Waals surface area contributed by atoms with Crippen LogP contribution in [0, 0.1) is 5.92 Å². The van der Waals surface area contributed by atoms with Gasteiger partial charge in [0.05, 0.1) is 5.69 Å². The highest BCUT2D eigenvalue weighted by Crippen LogP contribution is 2.40. The van der Waals surface area contributed by atoms with Gasteiger partial charge in [0.2, 0.25) is 5.91 Å². The van der Waals surface area contributed by atoms with E-state index >= 15 is 0 Å². The van der Waals surface area contributed by atoms with Crippen molar-refractivity contribution in [1.82, 2.24) is 0 Å². The summed E-state index contributed by atoms with van der Waals surface area (Å²) >= 11 is 1.57. The van der Waals surface area contributed by atoms with E-state index in [2.05, 4.69) is 10.6 Å². The fourth-order valence-electron chi connectivity index (χ4n) is 1.70. The van der Waals surface area contributed by atoms with Gasteiger partial charge in [0, 0.05) is 0 Å². The summed E-state index contributed by atoms with van der Waals surface area (Å²) in [4.78, 5) is 11.6. The normalized spacial score (nSPS) is 26.2. The molecule has 1 fully saturated rings. The summed E-state index contributed by atoms with van der Waals surface area (Å²) in [5.74, 6) is 0.700. The number of rotatable bonds is 1. The summed E-state index contributed by atoms with van der Waals surface area (Å²) in [6.07, 6.45) is 2.37. The first-order valence-electron chi connectivity index (χ1n) is 4.49. The fourth-order valence-corrected chi connectivity index (χ4v) is 2.46. The van der Waals surface area contributed by atoms with Crippen molar-refractivity contribution in [2.24, 2.45) is 5.92 Å². The average Bonchev–Trinajstić information content (AvgIpc) is 2.85. The van der Waals surface area contributed by atoms with Gasteiger partial charge in [-0.3, -0.25) is 4.79 Å². The Labute approximate surface area is 80.1 Å². The van der Waals surface area contributed by atoms with Crippen LogP contribution in [0.5, 0.6) is 0 Å². The molecule has 0 spiro atoms. The summed E-state index contributed by atoms with van der Waals surface area (Å²) in [7, 11) is 0. The second-order valence-electron chi connectivity index (χ2n) is 3.61. The molecule has 68 valence electrons. The van der Waals surface area contributed by atoms with Gasteiger partial charge in [0.15, 0.2) is 0 Å². The highest BCUT2D eigenvalue weighted by Gasteiger charge is 2.38. The molecular weight excluding hydrogens is 184 g/mol. The Hall–Kier alpha value is -1.03. The smallest absolute Gasteiger partial charge is 0.247 e. The Morgan fingerprint density at radius 3 is 3.08 bits per heavy atom. The lowest BCUT2D eigenvalue weighted by atomic mass is 10.1. The molecule has 1 amide bonds. The molecule has 3 nitrogen and oxygen atoms in total. The minimum Gasteiger partial charge on any atom is -0.371 e. The monoisotopic (exact) mass is 194 g/mol. The molecule has 4 heteroatoms. The molecule has 3 rings (SSSR count). The van der Waals surface area contributed by atoms with E-state index < -0.39 is 0 Å². The van der Waals surface area contributed by atoms with E-state index in [1.54, 1.807) is 11.3 Å². The van der Waals surface area contributed by atoms with Crippen molar-refractivity contribution in [2.75, 3.05) is 10.6 Å². The molecule has 1 unspecified atom stereocenters. The molecule has 0 radical (unpaired) electrons. The van der Waals surface area contributed by atoms with Crippen molar-refractivity contribution in [2.45, 2.75) is 18.9 Å². The lowest BCUT2D eigenvalue weighted by Crippen LogP contribution is -2.39. The van der Waals surface area contributed by atoms with Crippen LogP contribution in [0.3, 0.4) is 0 Å². The van der Waals surface area contributed by atoms with E-state index in [1.807, 2.05) is 11.4 Å². The van der Waals surface area contributed by atoms with E-state index in [0.29, 0.717) is 5.92 Å². The molecule has 0 aromatic carbocycles. The zero-order valence-corrected chi connectivity index (χ0v) is 7.86. The van der Waals surface area contributed by atoms with Crippen LogP contribution in [0.1, 0.15) is 12.8 Å². The minimum atomic E-state index is 0.0158. The first-order valence-corrected chi connectivity index (χ1v) is 5.37. The van der Waals surface area contributed by atoms with Crippen LogP contribution in [-0.2, 0) is 4.79 Å². The summed E-state index contributed by atoms with van der Waals surface area (Å²) in [5, 5.41) is 9.17. The van der Waals surface area contributed by atoms with E-state index in [4.69, 9.17) is 0 Å². The van der Waals surface area contributed by atoms with Gasteiger partial charge in [0.25, 0.3) is 0 Å². The van der Waals surface area contributed by atoms with Crippen molar-refractivity contribution in [3.05, 3.63) is 11.4 Å². The Morgan fingerprint density at radius 2 is 2.31 bits per heavy atom. The maximum absolute atomic E-state index is 11.6. The number of carbonyl (C=O) groups is 1. The molecule has 2 heterocycles. The molecule has 1 aromatic rings. The van der Waals surface area contributed by atoms with E-state index in [9.17, 15) is 4.79 Å².